The summed E-state index contributed by atoms with van der Waals surface area (Å²) in [4.78, 5) is 13.1. The van der Waals surface area contributed by atoms with E-state index in [0.29, 0.717) is 38.6 Å². The van der Waals surface area contributed by atoms with Crippen molar-refractivity contribution in [3.63, 3.8) is 0 Å². The zero-order valence-electron chi connectivity index (χ0n) is 21.0. The third-order valence-electron chi connectivity index (χ3n) is 8.11. The number of carboxylic acid groups (broad SMARTS) is 1. The van der Waals surface area contributed by atoms with E-state index in [1.54, 1.807) is 0 Å². The van der Waals surface area contributed by atoms with Gasteiger partial charge in [0.25, 0.3) is 0 Å². The molecule has 2 aliphatic carbocycles. The molecule has 1 aromatic carbocycles. The summed E-state index contributed by atoms with van der Waals surface area (Å²) in [7, 11) is 0. The molecule has 0 amide bonds. The minimum Gasteiger partial charge on any atom is -0.481 e. The standard InChI is InChI=1S/C29H43NO5/c31-26-20-27(35-21-22-12-14-24(15-13-22)23-8-4-3-5-9-23)25(10-6-1-2-7-11-28(32)33)29(26)30-16-18-34-19-17-30/h1,6,12-15,23,25-27,29,31H,2-5,7-11,16-21H2,(H,32,33)/t25-,26-,27-,29+/m0/s1. The highest BCUT2D eigenvalue weighted by atomic mass is 16.5. The highest BCUT2D eigenvalue weighted by Crippen LogP contribution is 2.37. The number of morpholine rings is 1. The molecular formula is C29H43NO5. The Morgan fingerprint density at radius 2 is 1.83 bits per heavy atom. The van der Waals surface area contributed by atoms with Crippen LogP contribution in [0.4, 0.5) is 0 Å². The van der Waals surface area contributed by atoms with E-state index in [0.717, 1.165) is 25.9 Å². The lowest BCUT2D eigenvalue weighted by molar-refractivity contribution is -0.137. The fourth-order valence-corrected chi connectivity index (χ4v) is 6.20. The number of ether oxygens (including phenoxy) is 2. The number of hydrogen-bond donors (Lipinski definition) is 2. The first-order chi connectivity index (χ1) is 17.1. The fraction of sp³-hybridized carbons (Fsp3) is 0.690. The molecule has 2 N–H and O–H groups in total. The minimum absolute atomic E-state index is 0.000430. The number of benzene rings is 1. The molecule has 4 atom stereocenters. The van der Waals surface area contributed by atoms with Crippen LogP contribution in [0.5, 0.6) is 0 Å². The Hall–Kier alpha value is -1.73. The van der Waals surface area contributed by atoms with Gasteiger partial charge in [-0.05, 0) is 49.1 Å². The topological polar surface area (TPSA) is 79.2 Å². The number of hydrogen-bond acceptors (Lipinski definition) is 5. The smallest absolute Gasteiger partial charge is 0.303 e. The molecule has 0 spiro atoms. The van der Waals surface area contributed by atoms with E-state index in [4.69, 9.17) is 14.6 Å². The molecule has 194 valence electrons. The summed E-state index contributed by atoms with van der Waals surface area (Å²) in [6.07, 6.45) is 13.6. The van der Waals surface area contributed by atoms with Crippen LogP contribution in [-0.4, -0.2) is 65.6 Å². The Labute approximate surface area is 210 Å². The summed E-state index contributed by atoms with van der Waals surface area (Å²) in [5.41, 5.74) is 2.65. The van der Waals surface area contributed by atoms with Gasteiger partial charge in [-0.3, -0.25) is 9.69 Å². The highest BCUT2D eigenvalue weighted by Gasteiger charge is 2.45. The van der Waals surface area contributed by atoms with E-state index in [9.17, 15) is 9.90 Å². The first-order valence-corrected chi connectivity index (χ1v) is 13.7. The molecule has 3 fully saturated rings. The van der Waals surface area contributed by atoms with Crippen LogP contribution in [0.2, 0.25) is 0 Å². The molecule has 6 heteroatoms. The average molecular weight is 486 g/mol. The fourth-order valence-electron chi connectivity index (χ4n) is 6.20. The molecule has 0 unspecified atom stereocenters. The van der Waals surface area contributed by atoms with Crippen LogP contribution in [0.3, 0.4) is 0 Å². The predicted molar refractivity (Wildman–Crippen MR) is 136 cm³/mol. The molecular weight excluding hydrogens is 442 g/mol. The van der Waals surface area contributed by atoms with Crippen LogP contribution in [0, 0.1) is 5.92 Å². The third-order valence-corrected chi connectivity index (χ3v) is 8.11. The minimum atomic E-state index is -0.745. The van der Waals surface area contributed by atoms with Crippen molar-refractivity contribution in [2.24, 2.45) is 5.92 Å². The zero-order chi connectivity index (χ0) is 24.5. The number of carbonyl (C=O) groups is 1. The zero-order valence-corrected chi connectivity index (χ0v) is 21.0. The first-order valence-electron chi connectivity index (χ1n) is 13.7. The Morgan fingerprint density at radius 3 is 2.54 bits per heavy atom. The van der Waals surface area contributed by atoms with Crippen molar-refractivity contribution in [1.29, 1.82) is 0 Å². The lowest BCUT2D eigenvalue weighted by Crippen LogP contribution is -2.50. The number of rotatable bonds is 11. The van der Waals surface area contributed by atoms with Crippen LogP contribution in [0.1, 0.15) is 81.3 Å². The SMILES string of the molecule is O=C(O)CCCC=CC[C@@H]1[C@@H](N2CCOCC2)[C@@H](O)C[C@@H]1OCc1ccc(C2CCCCC2)cc1. The van der Waals surface area contributed by atoms with Crippen molar-refractivity contribution in [3.05, 3.63) is 47.5 Å². The Kier molecular flexibility index (Phi) is 10.2. The molecule has 2 saturated carbocycles. The van der Waals surface area contributed by atoms with Gasteiger partial charge in [-0.25, -0.2) is 0 Å². The highest BCUT2D eigenvalue weighted by molar-refractivity contribution is 5.66. The van der Waals surface area contributed by atoms with E-state index in [-0.39, 0.29) is 24.5 Å². The normalized spacial score (nSPS) is 28.6. The molecule has 3 aliphatic rings. The molecule has 1 saturated heterocycles. The quantitative estimate of drug-likeness (QED) is 0.343. The molecule has 1 aromatic rings. The number of allylic oxidation sites excluding steroid dienone is 2. The van der Waals surface area contributed by atoms with Crippen LogP contribution in [0.15, 0.2) is 36.4 Å². The molecule has 4 rings (SSSR count). The molecule has 1 aliphatic heterocycles. The number of aliphatic hydroxyl groups is 1. The lowest BCUT2D eigenvalue weighted by atomic mass is 9.84. The van der Waals surface area contributed by atoms with Crippen molar-refractivity contribution in [3.8, 4) is 0 Å². The Balaban J connectivity index is 1.35. The van der Waals surface area contributed by atoms with Crippen molar-refractivity contribution >= 4 is 5.97 Å². The number of carboxylic acids is 1. The number of nitrogens with zero attached hydrogens (tertiary/aromatic N) is 1. The van der Waals surface area contributed by atoms with Gasteiger partial charge < -0.3 is 19.7 Å². The van der Waals surface area contributed by atoms with E-state index in [1.165, 1.54) is 43.2 Å². The molecule has 6 nitrogen and oxygen atoms in total. The number of aliphatic carboxylic acids is 1. The van der Waals surface area contributed by atoms with E-state index in [2.05, 4.69) is 41.3 Å². The maximum atomic E-state index is 11.0. The van der Waals surface area contributed by atoms with Gasteiger partial charge in [0.15, 0.2) is 0 Å². The molecule has 0 bridgehead atoms. The van der Waals surface area contributed by atoms with Crippen LogP contribution >= 0.6 is 0 Å². The lowest BCUT2D eigenvalue weighted by Gasteiger charge is -2.37. The van der Waals surface area contributed by atoms with Crippen molar-refractivity contribution in [1.82, 2.24) is 4.90 Å². The summed E-state index contributed by atoms with van der Waals surface area (Å²) in [6.45, 7) is 3.67. The summed E-state index contributed by atoms with van der Waals surface area (Å²) in [6, 6.07) is 9.07. The van der Waals surface area contributed by atoms with Gasteiger partial charge in [0.05, 0.1) is 32.0 Å². The second-order valence-corrected chi connectivity index (χ2v) is 10.5. The van der Waals surface area contributed by atoms with E-state index in [1.807, 2.05) is 0 Å². The van der Waals surface area contributed by atoms with Crippen molar-refractivity contribution in [2.75, 3.05) is 26.3 Å². The summed E-state index contributed by atoms with van der Waals surface area (Å²) in [5, 5.41) is 19.8. The summed E-state index contributed by atoms with van der Waals surface area (Å²) < 4.78 is 12.0. The largest absolute Gasteiger partial charge is 0.481 e. The van der Waals surface area contributed by atoms with Gasteiger partial charge in [0.2, 0.25) is 0 Å². The van der Waals surface area contributed by atoms with E-state index < -0.39 is 12.1 Å². The molecule has 1 heterocycles. The monoisotopic (exact) mass is 485 g/mol. The van der Waals surface area contributed by atoms with Crippen LogP contribution in [0.25, 0.3) is 0 Å². The first kappa shape index (κ1) is 26.3. The van der Waals surface area contributed by atoms with Gasteiger partial charge in [-0.15, -0.1) is 0 Å². The Morgan fingerprint density at radius 1 is 1.09 bits per heavy atom. The maximum absolute atomic E-state index is 11.0. The van der Waals surface area contributed by atoms with Gasteiger partial charge >= 0.3 is 5.97 Å². The Bertz CT molecular complexity index is 798. The van der Waals surface area contributed by atoms with Gasteiger partial charge in [0.1, 0.15) is 0 Å². The number of unbranched alkanes of at least 4 members (excludes halogenated alkanes) is 1. The molecule has 0 radical (unpaired) electrons. The second-order valence-electron chi connectivity index (χ2n) is 10.5. The van der Waals surface area contributed by atoms with Crippen molar-refractivity contribution < 1.29 is 24.5 Å². The second kappa shape index (κ2) is 13.5. The average Bonchev–Trinajstić information content (AvgIpc) is 3.20. The van der Waals surface area contributed by atoms with Crippen LogP contribution < -0.4 is 0 Å². The van der Waals surface area contributed by atoms with Gasteiger partial charge in [0, 0.05) is 37.9 Å². The molecule has 35 heavy (non-hydrogen) atoms. The summed E-state index contributed by atoms with van der Waals surface area (Å²) >= 11 is 0. The van der Waals surface area contributed by atoms with Gasteiger partial charge in [-0.2, -0.15) is 0 Å². The van der Waals surface area contributed by atoms with Crippen LogP contribution in [-0.2, 0) is 20.9 Å². The molecule has 0 aromatic heterocycles. The maximum Gasteiger partial charge on any atom is 0.303 e. The third kappa shape index (κ3) is 7.63. The van der Waals surface area contributed by atoms with Gasteiger partial charge in [-0.1, -0.05) is 55.7 Å². The van der Waals surface area contributed by atoms with E-state index >= 15 is 0 Å². The van der Waals surface area contributed by atoms with Crippen molar-refractivity contribution in [2.45, 2.75) is 95.0 Å². The summed E-state index contributed by atoms with van der Waals surface area (Å²) in [5.74, 6) is 0.176. The predicted octanol–water partition coefficient (Wildman–Crippen LogP) is 4.90. The number of aliphatic hydroxyl groups excluding tert-OH is 1.